The molecule has 6 aliphatic heterocycles. The number of carbonyl (C=O) groups is 12. The molecule has 0 aromatic heterocycles. The lowest BCUT2D eigenvalue weighted by molar-refractivity contribution is -0.140. The molecule has 0 spiro atoms. The van der Waals surface area contributed by atoms with Crippen molar-refractivity contribution >= 4 is 209 Å². The number of piperazine rings is 6. The van der Waals surface area contributed by atoms with Gasteiger partial charge in [0.05, 0.1) is 0 Å². The number of benzene rings is 7. The van der Waals surface area contributed by atoms with E-state index in [0.717, 1.165) is 111 Å². The van der Waals surface area contributed by atoms with Gasteiger partial charge < -0.3 is 58.8 Å². The van der Waals surface area contributed by atoms with Crippen molar-refractivity contribution in [2.75, 3.05) is 157 Å². The second kappa shape index (κ2) is 63.7. The summed E-state index contributed by atoms with van der Waals surface area (Å²) in [5.74, 6) is 1.81. The molecule has 30 heteroatoms. The van der Waals surface area contributed by atoms with Crippen molar-refractivity contribution in [3.63, 3.8) is 0 Å². The van der Waals surface area contributed by atoms with Gasteiger partial charge in [-0.3, -0.25) is 57.5 Å². The van der Waals surface area contributed by atoms with Crippen LogP contribution in [0.15, 0.2) is 240 Å². The Kier molecular flexibility index (Phi) is 51.8. The summed E-state index contributed by atoms with van der Waals surface area (Å²) in [5.41, 5.74) is 7.60. The highest BCUT2D eigenvalue weighted by molar-refractivity contribution is 9.11. The molecule has 12 amide bonds. The largest absolute Gasteiger partial charge is 0.339 e. The third kappa shape index (κ3) is 41.8. The van der Waals surface area contributed by atoms with Gasteiger partial charge in [0, 0.05) is 257 Å². The summed E-state index contributed by atoms with van der Waals surface area (Å²) >= 11 is 20.4. The number of hydrogen-bond acceptors (Lipinski definition) is 12. The average Bonchev–Trinajstić information content (AvgIpc) is 1.44. The van der Waals surface area contributed by atoms with Crippen molar-refractivity contribution in [3.8, 4) is 0 Å². The lowest BCUT2D eigenvalue weighted by Crippen LogP contribution is -2.51. The zero-order chi connectivity index (χ0) is 105. The highest BCUT2D eigenvalue weighted by Crippen LogP contribution is 2.28. The summed E-state index contributed by atoms with van der Waals surface area (Å²) in [6.45, 7) is 30.7. The fourth-order valence-corrected chi connectivity index (χ4v) is 18.3. The zero-order valence-electron chi connectivity index (χ0n) is 84.5. The fraction of sp³-hybridized carbons (Fsp3) is 0.409. The Bertz CT molecular complexity index is 5510. The molecule has 7 aliphatic rings. The first-order valence-corrected chi connectivity index (χ1v) is 55.4. The standard InChI is InChI=1S/C22H21BrN2O2.C20H27BrN2O2.C19H23BrN2O2.3C18H23BrN2O2/c1-2-17-3-8-19(9-4-17)22(27)25-15-13-24(14-16-25)21(26)12-7-18-5-10-20(23)11-6-18;1-2-3-4-5-6-19(24)22-13-15-23(16-14-22)20(25)12-9-17-7-10-18(21)11-8-17;20-17-8-5-15(6-9-17)7-10-18(23)21-11-13-22(14-12-21)19(24)16-3-1-2-4-16;1-14(2)13-18(23)21-11-9-20(10-12-21)17(22)8-5-15-3-6-16(19)7-4-15;1-3-14(2)18(23)21-12-10-20(11-13-21)17(22)9-6-15-4-7-16(19)8-5-15;1-2-3-4-17(22)20-11-13-21(14-12-20)18(23)10-7-15-5-8-16(19)9-6-15/h2-12H,1,13-16H2;7-12H,2-6,13-16H2,1H3;5-10,16H,1-4,11-14H2;3-8,14H,9-13H2,1-2H3;4-9,14H,3,10-13H2,1-2H3;5-10H,2-4,11-14H2,1H3/b12-7+;12-9+;10-7+;8-5+;9-6+;10-7+. The maximum atomic E-state index is 12.6. The Morgan fingerprint density at radius 1 is 0.290 bits per heavy atom. The van der Waals surface area contributed by atoms with E-state index < -0.39 is 0 Å². The van der Waals surface area contributed by atoms with Gasteiger partial charge >= 0.3 is 0 Å². The predicted molar refractivity (Wildman–Crippen MR) is 603 cm³/mol. The van der Waals surface area contributed by atoms with Crippen LogP contribution in [0.2, 0.25) is 0 Å². The van der Waals surface area contributed by atoms with Crippen molar-refractivity contribution in [1.29, 1.82) is 0 Å². The highest BCUT2D eigenvalue weighted by atomic mass is 79.9. The van der Waals surface area contributed by atoms with Crippen LogP contribution < -0.4 is 0 Å². The lowest BCUT2D eigenvalue weighted by Gasteiger charge is -2.35. The van der Waals surface area contributed by atoms with Crippen LogP contribution in [0.1, 0.15) is 181 Å². The van der Waals surface area contributed by atoms with Crippen LogP contribution in [0, 0.1) is 17.8 Å². The number of nitrogens with zero attached hydrogens (tertiary/aromatic N) is 12. The minimum absolute atomic E-state index is 0.00288. The van der Waals surface area contributed by atoms with E-state index in [1.807, 2.05) is 268 Å². The summed E-state index contributed by atoms with van der Waals surface area (Å²) in [5, 5.41) is 0. The van der Waals surface area contributed by atoms with Crippen molar-refractivity contribution in [3.05, 3.63) is 284 Å². The van der Waals surface area contributed by atoms with Crippen molar-refractivity contribution in [2.45, 2.75) is 131 Å². The molecular formula is C115H140Br6N12O12. The van der Waals surface area contributed by atoms with Crippen LogP contribution in [0.25, 0.3) is 42.5 Å². The molecule has 14 rings (SSSR count). The third-order valence-electron chi connectivity index (χ3n) is 25.9. The van der Waals surface area contributed by atoms with Crippen LogP contribution in [0.5, 0.6) is 0 Å². The van der Waals surface area contributed by atoms with E-state index in [-0.39, 0.29) is 76.8 Å². The molecule has 24 nitrogen and oxygen atoms in total. The number of carbonyl (C=O) groups excluding carboxylic acids is 12. The molecule has 6 heterocycles. The normalized spacial score (nSPS) is 16.0. The van der Waals surface area contributed by atoms with E-state index in [9.17, 15) is 57.5 Å². The van der Waals surface area contributed by atoms with Gasteiger partial charge in [-0.1, -0.05) is 273 Å². The molecule has 1 atom stereocenters. The predicted octanol–water partition coefficient (Wildman–Crippen LogP) is 21.2. The molecule has 0 bridgehead atoms. The van der Waals surface area contributed by atoms with Gasteiger partial charge in [0.1, 0.15) is 0 Å². The molecule has 7 fully saturated rings. The van der Waals surface area contributed by atoms with Crippen LogP contribution >= 0.6 is 95.6 Å². The lowest BCUT2D eigenvalue weighted by atomic mass is 10.1. The zero-order valence-corrected chi connectivity index (χ0v) is 94.0. The Morgan fingerprint density at radius 2 is 0.531 bits per heavy atom. The number of amides is 12. The summed E-state index contributed by atoms with van der Waals surface area (Å²) < 4.78 is 6.10. The van der Waals surface area contributed by atoms with E-state index in [1.54, 1.807) is 67.0 Å². The molecule has 1 saturated carbocycles. The SMILES string of the molecule is C=Cc1ccc(C(=O)N2CCN(C(=O)/C=C/c3ccc(Br)cc3)CC2)cc1.CC(C)CC(=O)N1CCN(C(=O)/C=C/c2ccc(Br)cc2)CC1.CCC(C)C(=O)N1CCN(C(=O)/C=C/c2ccc(Br)cc2)CC1.CCCCC(=O)N1CCN(C(=O)/C=C/c2ccc(Br)cc2)CC1.CCCCCCC(=O)N1CCN(C(=O)/C=C/c2ccc(Br)cc2)CC1.O=C(/C=C/c1ccc(Br)cc1)N1CCN(C(=O)C2CCCC2)CC1. The van der Waals surface area contributed by atoms with Gasteiger partial charge in [-0.25, -0.2) is 0 Å². The van der Waals surface area contributed by atoms with Gasteiger partial charge in [-0.15, -0.1) is 0 Å². The Hall–Kier alpha value is -10.8. The van der Waals surface area contributed by atoms with Gasteiger partial charge in [-0.2, -0.15) is 0 Å². The van der Waals surface area contributed by atoms with Gasteiger partial charge in [0.15, 0.2) is 0 Å². The van der Waals surface area contributed by atoms with Crippen molar-refractivity contribution in [1.82, 2.24) is 58.8 Å². The molecule has 7 aromatic carbocycles. The molecule has 6 saturated heterocycles. The first-order valence-electron chi connectivity index (χ1n) is 50.6. The monoisotopic (exact) mass is 2350 g/mol. The van der Waals surface area contributed by atoms with Gasteiger partial charge in [-0.05, 0) is 198 Å². The summed E-state index contributed by atoms with van der Waals surface area (Å²) in [6, 6.07) is 54.3. The van der Waals surface area contributed by atoms with Crippen molar-refractivity contribution < 1.29 is 57.5 Å². The Labute approximate surface area is 908 Å². The van der Waals surface area contributed by atoms with Crippen molar-refractivity contribution in [2.24, 2.45) is 17.8 Å². The fourth-order valence-electron chi connectivity index (χ4n) is 16.7. The topological polar surface area (TPSA) is 244 Å². The second-order valence-corrected chi connectivity index (χ2v) is 42.5. The quantitative estimate of drug-likeness (QED) is 0.0345. The molecule has 1 unspecified atom stereocenters. The maximum Gasteiger partial charge on any atom is 0.253 e. The maximum absolute atomic E-state index is 12.6. The third-order valence-corrected chi connectivity index (χ3v) is 29.1. The first kappa shape index (κ1) is 118. The van der Waals surface area contributed by atoms with Crippen LogP contribution in [-0.4, -0.2) is 287 Å². The number of hydrogen-bond donors (Lipinski definition) is 0. The Morgan fingerprint density at radius 3 is 0.793 bits per heavy atom. The van der Waals surface area contributed by atoms with E-state index in [0.29, 0.717) is 194 Å². The number of unbranched alkanes of at least 4 members (excludes halogenated alkanes) is 4. The molecule has 0 radical (unpaired) electrons. The van der Waals surface area contributed by atoms with Crippen LogP contribution in [0.4, 0.5) is 0 Å². The molecule has 0 N–H and O–H groups in total. The first-order chi connectivity index (χ1) is 69.8. The molecule has 1 aliphatic carbocycles. The van der Waals surface area contributed by atoms with Gasteiger partial charge in [0.25, 0.3) is 5.91 Å². The Balaban J connectivity index is 0.000000194. The van der Waals surface area contributed by atoms with E-state index in [2.05, 4.69) is 116 Å². The van der Waals surface area contributed by atoms with E-state index >= 15 is 0 Å². The van der Waals surface area contributed by atoms with E-state index in [1.165, 1.54) is 25.7 Å². The van der Waals surface area contributed by atoms with Crippen LogP contribution in [0.3, 0.4) is 0 Å². The van der Waals surface area contributed by atoms with Gasteiger partial charge in [0.2, 0.25) is 65.0 Å². The highest BCUT2D eigenvalue weighted by Gasteiger charge is 2.33. The minimum atomic E-state index is -0.0275. The molecule has 774 valence electrons. The second-order valence-electron chi connectivity index (χ2n) is 37.0. The molecular weight excluding hydrogens is 2220 g/mol. The minimum Gasteiger partial charge on any atom is -0.339 e. The smallest absolute Gasteiger partial charge is 0.253 e. The average molecular weight is 2360 g/mol. The number of halogens is 6. The molecule has 145 heavy (non-hydrogen) atoms. The molecule has 7 aromatic rings. The summed E-state index contributed by atoms with van der Waals surface area (Å²) in [7, 11) is 0. The summed E-state index contributed by atoms with van der Waals surface area (Å²) in [4.78, 5) is 169. The summed E-state index contributed by atoms with van der Waals surface area (Å²) in [6.07, 6.45) is 35.9. The van der Waals surface area contributed by atoms with Crippen LogP contribution in [-0.2, 0) is 52.7 Å². The van der Waals surface area contributed by atoms with E-state index in [4.69, 9.17) is 0 Å². The number of rotatable bonds is 27.